The van der Waals surface area contributed by atoms with E-state index in [9.17, 15) is 5.11 Å². The van der Waals surface area contributed by atoms with Gasteiger partial charge in [-0.3, -0.25) is 0 Å². The molecule has 0 radical (unpaired) electrons. The van der Waals surface area contributed by atoms with Crippen LogP contribution in [-0.2, 0) is 0 Å². The normalized spacial score (nSPS) is 14.3. The molecule has 0 saturated heterocycles. The number of aliphatic hydroxyl groups is 1. The van der Waals surface area contributed by atoms with Crippen LogP contribution in [0.25, 0.3) is 0 Å². The first kappa shape index (κ1) is 15.3. The Bertz CT molecular complexity index is 371. The minimum atomic E-state index is -0.538. The van der Waals surface area contributed by atoms with Gasteiger partial charge in [0.05, 0.1) is 13.2 Å². The molecule has 0 bridgehead atoms. The molecule has 0 amide bonds. The van der Waals surface area contributed by atoms with Crippen LogP contribution in [-0.4, -0.2) is 36.8 Å². The highest BCUT2D eigenvalue weighted by molar-refractivity contribution is 7.98. The molecule has 2 unspecified atom stereocenters. The van der Waals surface area contributed by atoms with Gasteiger partial charge in [0, 0.05) is 23.9 Å². The van der Waals surface area contributed by atoms with Crippen LogP contribution in [0.1, 0.15) is 24.2 Å². The first-order valence-corrected chi connectivity index (χ1v) is 7.52. The van der Waals surface area contributed by atoms with E-state index in [-0.39, 0.29) is 0 Å². The van der Waals surface area contributed by atoms with E-state index in [1.54, 1.807) is 18.9 Å². The monoisotopic (exact) mass is 269 g/mol. The lowest BCUT2D eigenvalue weighted by molar-refractivity contribution is 0.167. The Morgan fingerprint density at radius 1 is 1.44 bits per heavy atom. The number of methoxy groups -OCH3 is 1. The van der Waals surface area contributed by atoms with E-state index in [0.717, 1.165) is 22.6 Å². The van der Waals surface area contributed by atoms with Crippen LogP contribution in [0.3, 0.4) is 0 Å². The summed E-state index contributed by atoms with van der Waals surface area (Å²) in [6.07, 6.45) is 1.54. The molecular weight excluding hydrogens is 246 g/mol. The topological polar surface area (TPSA) is 41.5 Å². The SMILES string of the molecule is COc1ccc(C)cc1C(O)CNC(C)CSC. The molecule has 2 N–H and O–H groups in total. The van der Waals surface area contributed by atoms with Crippen molar-refractivity contribution in [2.75, 3.05) is 25.7 Å². The molecule has 0 aliphatic carbocycles. The molecular formula is C14H23NO2S. The summed E-state index contributed by atoms with van der Waals surface area (Å²) in [6, 6.07) is 6.26. The Balaban J connectivity index is 2.65. The highest BCUT2D eigenvalue weighted by atomic mass is 32.2. The average molecular weight is 269 g/mol. The second-order valence-electron chi connectivity index (χ2n) is 4.53. The van der Waals surface area contributed by atoms with Crippen molar-refractivity contribution in [1.29, 1.82) is 0 Å². The summed E-state index contributed by atoms with van der Waals surface area (Å²) >= 11 is 1.80. The highest BCUT2D eigenvalue weighted by Gasteiger charge is 2.14. The second kappa shape index (κ2) is 7.67. The fourth-order valence-corrected chi connectivity index (χ4v) is 2.46. The van der Waals surface area contributed by atoms with Gasteiger partial charge in [-0.05, 0) is 32.2 Å². The smallest absolute Gasteiger partial charge is 0.124 e. The van der Waals surface area contributed by atoms with Gasteiger partial charge in [0.1, 0.15) is 5.75 Å². The number of ether oxygens (including phenoxy) is 1. The minimum Gasteiger partial charge on any atom is -0.496 e. The van der Waals surface area contributed by atoms with Gasteiger partial charge in [-0.25, -0.2) is 0 Å². The van der Waals surface area contributed by atoms with Crippen LogP contribution in [0.15, 0.2) is 18.2 Å². The molecule has 18 heavy (non-hydrogen) atoms. The first-order valence-electron chi connectivity index (χ1n) is 6.13. The van der Waals surface area contributed by atoms with Crippen LogP contribution in [0.5, 0.6) is 5.75 Å². The summed E-state index contributed by atoms with van der Waals surface area (Å²) in [7, 11) is 1.63. The van der Waals surface area contributed by atoms with E-state index in [1.165, 1.54) is 0 Å². The quantitative estimate of drug-likeness (QED) is 0.797. The lowest BCUT2D eigenvalue weighted by Gasteiger charge is -2.19. The predicted octanol–water partition coefficient (Wildman–Crippen LogP) is 2.38. The zero-order valence-corrected chi connectivity index (χ0v) is 12.4. The van der Waals surface area contributed by atoms with Crippen molar-refractivity contribution in [3.63, 3.8) is 0 Å². The molecule has 0 aliphatic rings. The van der Waals surface area contributed by atoms with Crippen LogP contribution in [0.4, 0.5) is 0 Å². The van der Waals surface area contributed by atoms with Crippen molar-refractivity contribution in [3.05, 3.63) is 29.3 Å². The Hall–Kier alpha value is -0.710. The molecule has 0 saturated carbocycles. The molecule has 2 atom stereocenters. The maximum Gasteiger partial charge on any atom is 0.124 e. The van der Waals surface area contributed by atoms with Crippen LogP contribution in [0.2, 0.25) is 0 Å². The number of nitrogens with one attached hydrogen (secondary N) is 1. The summed E-state index contributed by atoms with van der Waals surface area (Å²) in [6.45, 7) is 4.68. The van der Waals surface area contributed by atoms with Gasteiger partial charge in [0.25, 0.3) is 0 Å². The van der Waals surface area contributed by atoms with Gasteiger partial charge in [0.15, 0.2) is 0 Å². The summed E-state index contributed by atoms with van der Waals surface area (Å²) < 4.78 is 5.28. The fraction of sp³-hybridized carbons (Fsp3) is 0.571. The molecule has 1 rings (SSSR count). The molecule has 4 heteroatoms. The number of benzene rings is 1. The van der Waals surface area contributed by atoms with E-state index in [4.69, 9.17) is 4.74 Å². The molecule has 1 aromatic rings. The zero-order valence-electron chi connectivity index (χ0n) is 11.6. The third-order valence-electron chi connectivity index (χ3n) is 2.82. The van der Waals surface area contributed by atoms with E-state index >= 15 is 0 Å². The number of thioether (sulfide) groups is 1. The van der Waals surface area contributed by atoms with Crippen molar-refractivity contribution in [2.45, 2.75) is 26.0 Å². The van der Waals surface area contributed by atoms with Crippen molar-refractivity contribution in [3.8, 4) is 5.75 Å². The van der Waals surface area contributed by atoms with Gasteiger partial charge in [0.2, 0.25) is 0 Å². The van der Waals surface area contributed by atoms with E-state index in [2.05, 4.69) is 18.5 Å². The van der Waals surface area contributed by atoms with Crippen LogP contribution >= 0.6 is 11.8 Å². The zero-order chi connectivity index (χ0) is 13.5. The van der Waals surface area contributed by atoms with E-state index < -0.39 is 6.10 Å². The minimum absolute atomic E-state index is 0.394. The Labute approximate surface area is 114 Å². The maximum atomic E-state index is 10.2. The van der Waals surface area contributed by atoms with Crippen LogP contribution in [0, 0.1) is 6.92 Å². The highest BCUT2D eigenvalue weighted by Crippen LogP contribution is 2.25. The van der Waals surface area contributed by atoms with Crippen LogP contribution < -0.4 is 10.1 Å². The number of hydrogen-bond donors (Lipinski definition) is 2. The molecule has 0 spiro atoms. The molecule has 0 aliphatic heterocycles. The van der Waals surface area contributed by atoms with Gasteiger partial charge >= 0.3 is 0 Å². The molecule has 102 valence electrons. The Morgan fingerprint density at radius 2 is 2.17 bits per heavy atom. The van der Waals surface area contributed by atoms with Crippen molar-refractivity contribution in [1.82, 2.24) is 5.32 Å². The van der Waals surface area contributed by atoms with E-state index in [1.807, 2.05) is 25.1 Å². The predicted molar refractivity (Wildman–Crippen MR) is 78.5 cm³/mol. The molecule has 0 aromatic heterocycles. The van der Waals surface area contributed by atoms with Crippen molar-refractivity contribution >= 4 is 11.8 Å². The largest absolute Gasteiger partial charge is 0.496 e. The van der Waals surface area contributed by atoms with Crippen molar-refractivity contribution in [2.24, 2.45) is 0 Å². The third kappa shape index (κ3) is 4.52. The van der Waals surface area contributed by atoms with Gasteiger partial charge in [-0.1, -0.05) is 11.6 Å². The van der Waals surface area contributed by atoms with E-state index in [0.29, 0.717) is 12.6 Å². The lowest BCUT2D eigenvalue weighted by Crippen LogP contribution is -2.32. The summed E-state index contributed by atoms with van der Waals surface area (Å²) in [5, 5.41) is 13.6. The number of aliphatic hydroxyl groups excluding tert-OH is 1. The van der Waals surface area contributed by atoms with Gasteiger partial charge < -0.3 is 15.2 Å². The summed E-state index contributed by atoms with van der Waals surface area (Å²) in [5.74, 6) is 1.78. The van der Waals surface area contributed by atoms with Gasteiger partial charge in [-0.15, -0.1) is 0 Å². The van der Waals surface area contributed by atoms with Gasteiger partial charge in [-0.2, -0.15) is 11.8 Å². The molecule has 1 aromatic carbocycles. The Morgan fingerprint density at radius 3 is 2.78 bits per heavy atom. The maximum absolute atomic E-state index is 10.2. The summed E-state index contributed by atoms with van der Waals surface area (Å²) in [4.78, 5) is 0. The number of hydrogen-bond acceptors (Lipinski definition) is 4. The average Bonchev–Trinajstić information content (AvgIpc) is 2.36. The molecule has 0 fully saturated rings. The fourth-order valence-electron chi connectivity index (χ4n) is 1.85. The summed E-state index contributed by atoms with van der Waals surface area (Å²) in [5.41, 5.74) is 1.98. The molecule has 0 heterocycles. The second-order valence-corrected chi connectivity index (χ2v) is 5.44. The standard InChI is InChI=1S/C14H23NO2S/c1-10-5-6-14(17-3)12(7-10)13(16)8-15-11(2)9-18-4/h5-7,11,13,15-16H,8-9H2,1-4H3. The lowest BCUT2D eigenvalue weighted by atomic mass is 10.0. The number of aryl methyl sites for hydroxylation is 1. The number of rotatable bonds is 7. The molecule has 3 nitrogen and oxygen atoms in total. The third-order valence-corrected chi connectivity index (χ3v) is 3.65. The Kier molecular flexibility index (Phi) is 6.54. The first-order chi connectivity index (χ1) is 8.58. The van der Waals surface area contributed by atoms with Crippen molar-refractivity contribution < 1.29 is 9.84 Å².